The third-order valence-corrected chi connectivity index (χ3v) is 3.02. The van der Waals surface area contributed by atoms with Gasteiger partial charge < -0.3 is 14.6 Å². The number of methoxy groups -OCH3 is 1. The Morgan fingerprint density at radius 1 is 1.23 bits per heavy atom. The van der Waals surface area contributed by atoms with E-state index in [9.17, 15) is 9.90 Å². The number of rotatable bonds is 5. The molecule has 0 unspecified atom stereocenters. The first-order chi connectivity index (χ1) is 10.1. The molecule has 0 aliphatic carbocycles. The van der Waals surface area contributed by atoms with Crippen LogP contribution in [0.15, 0.2) is 18.2 Å². The lowest BCUT2D eigenvalue weighted by atomic mass is 9.86. The zero-order valence-corrected chi connectivity index (χ0v) is 14.3. The Morgan fingerprint density at radius 2 is 1.86 bits per heavy atom. The second kappa shape index (κ2) is 7.01. The van der Waals surface area contributed by atoms with Crippen molar-refractivity contribution in [2.24, 2.45) is 5.41 Å². The number of ether oxygens (including phenoxy) is 2. The molecule has 1 amide bonds. The molecule has 1 aromatic rings. The van der Waals surface area contributed by atoms with Gasteiger partial charge in [0.25, 0.3) is 0 Å². The van der Waals surface area contributed by atoms with Gasteiger partial charge >= 0.3 is 6.09 Å². The summed E-state index contributed by atoms with van der Waals surface area (Å²) in [5.41, 5.74) is 0.754. The molecule has 0 bridgehead atoms. The van der Waals surface area contributed by atoms with E-state index in [1.807, 2.05) is 40.7 Å². The number of anilines is 1. The first-order valence-corrected chi connectivity index (χ1v) is 7.34. The van der Waals surface area contributed by atoms with Crippen molar-refractivity contribution < 1.29 is 19.4 Å². The minimum absolute atomic E-state index is 0.0693. The molecule has 2 N–H and O–H groups in total. The molecular weight excluding hydrogens is 282 g/mol. The number of aliphatic hydroxyl groups excluding tert-OH is 1. The van der Waals surface area contributed by atoms with E-state index < -0.39 is 11.7 Å². The van der Waals surface area contributed by atoms with E-state index in [0.717, 1.165) is 11.3 Å². The van der Waals surface area contributed by atoms with Crippen LogP contribution in [-0.2, 0) is 11.2 Å². The molecule has 0 fully saturated rings. The topological polar surface area (TPSA) is 67.8 Å². The van der Waals surface area contributed by atoms with Gasteiger partial charge in [0, 0.05) is 12.3 Å². The second-order valence-corrected chi connectivity index (χ2v) is 7.15. The molecule has 0 radical (unpaired) electrons. The molecule has 22 heavy (non-hydrogen) atoms. The summed E-state index contributed by atoms with van der Waals surface area (Å²) in [6.45, 7) is 9.46. The molecule has 0 saturated heterocycles. The SMILES string of the molecule is COc1ccc(NC(=O)OC(C)(C)C)cc1CC(C)(C)CO. The molecule has 0 spiro atoms. The number of amides is 1. The summed E-state index contributed by atoms with van der Waals surface area (Å²) in [6.07, 6.45) is 0.140. The summed E-state index contributed by atoms with van der Waals surface area (Å²) in [7, 11) is 1.60. The minimum atomic E-state index is -0.543. The van der Waals surface area contributed by atoms with Crippen LogP contribution in [0.25, 0.3) is 0 Å². The second-order valence-electron chi connectivity index (χ2n) is 7.15. The lowest BCUT2D eigenvalue weighted by molar-refractivity contribution is 0.0636. The molecule has 0 saturated carbocycles. The van der Waals surface area contributed by atoms with Crippen molar-refractivity contribution in [3.05, 3.63) is 23.8 Å². The van der Waals surface area contributed by atoms with Crippen LogP contribution < -0.4 is 10.1 Å². The summed E-state index contributed by atoms with van der Waals surface area (Å²) >= 11 is 0. The highest BCUT2D eigenvalue weighted by Crippen LogP contribution is 2.30. The van der Waals surface area contributed by atoms with Crippen LogP contribution in [0.2, 0.25) is 0 Å². The molecule has 1 rings (SSSR count). The Balaban J connectivity index is 2.93. The van der Waals surface area contributed by atoms with E-state index in [-0.39, 0.29) is 12.0 Å². The Labute approximate surface area is 132 Å². The number of carbonyl (C=O) groups excluding carboxylic acids is 1. The molecular formula is C17H27NO4. The molecule has 124 valence electrons. The Morgan fingerprint density at radius 3 is 2.36 bits per heavy atom. The zero-order chi connectivity index (χ0) is 17.0. The highest BCUT2D eigenvalue weighted by atomic mass is 16.6. The first-order valence-electron chi connectivity index (χ1n) is 7.34. The van der Waals surface area contributed by atoms with E-state index in [0.29, 0.717) is 12.1 Å². The smallest absolute Gasteiger partial charge is 0.412 e. The number of aliphatic hydroxyl groups is 1. The fraction of sp³-hybridized carbons (Fsp3) is 0.588. The fourth-order valence-corrected chi connectivity index (χ4v) is 1.99. The van der Waals surface area contributed by atoms with E-state index >= 15 is 0 Å². The van der Waals surface area contributed by atoms with Crippen LogP contribution in [0.4, 0.5) is 10.5 Å². The predicted octanol–water partition coefficient (Wildman–Crippen LogP) is 3.60. The number of benzene rings is 1. The van der Waals surface area contributed by atoms with Gasteiger partial charge in [0.1, 0.15) is 11.4 Å². The summed E-state index contributed by atoms with van der Waals surface area (Å²) in [5, 5.41) is 12.1. The van der Waals surface area contributed by atoms with Crippen LogP contribution in [0.1, 0.15) is 40.2 Å². The third-order valence-electron chi connectivity index (χ3n) is 3.02. The van der Waals surface area contributed by atoms with E-state index in [1.54, 1.807) is 19.2 Å². The van der Waals surface area contributed by atoms with Crippen LogP contribution in [0, 0.1) is 5.41 Å². The van der Waals surface area contributed by atoms with E-state index in [1.165, 1.54) is 0 Å². The highest BCUT2D eigenvalue weighted by Gasteiger charge is 2.21. The maximum absolute atomic E-state index is 11.8. The number of carbonyl (C=O) groups is 1. The molecule has 0 heterocycles. The molecule has 0 aliphatic rings. The third kappa shape index (κ3) is 5.93. The van der Waals surface area contributed by atoms with Gasteiger partial charge in [-0.25, -0.2) is 4.79 Å². The Kier molecular flexibility index (Phi) is 5.83. The van der Waals surface area contributed by atoms with Crippen molar-refractivity contribution in [2.75, 3.05) is 19.0 Å². The van der Waals surface area contributed by atoms with Gasteiger partial charge in [-0.1, -0.05) is 13.8 Å². The van der Waals surface area contributed by atoms with Crippen molar-refractivity contribution in [2.45, 2.75) is 46.6 Å². The molecule has 0 atom stereocenters. The number of hydrogen-bond donors (Lipinski definition) is 2. The van der Waals surface area contributed by atoms with Gasteiger partial charge in [0.15, 0.2) is 0 Å². The number of nitrogens with one attached hydrogen (secondary N) is 1. The highest BCUT2D eigenvalue weighted by molar-refractivity contribution is 5.85. The van der Waals surface area contributed by atoms with E-state index in [2.05, 4.69) is 5.32 Å². The average Bonchev–Trinajstić information content (AvgIpc) is 2.36. The normalized spacial score (nSPS) is 12.0. The van der Waals surface area contributed by atoms with Crippen LogP contribution in [0.3, 0.4) is 0 Å². The van der Waals surface area contributed by atoms with Gasteiger partial charge in [0.05, 0.1) is 7.11 Å². The lowest BCUT2D eigenvalue weighted by Crippen LogP contribution is -2.27. The van der Waals surface area contributed by atoms with Crippen LogP contribution in [0.5, 0.6) is 5.75 Å². The predicted molar refractivity (Wildman–Crippen MR) is 87.4 cm³/mol. The standard InChI is InChI=1S/C17H27NO4/c1-16(2,3)22-15(20)18-13-7-8-14(21-6)12(9-13)10-17(4,5)11-19/h7-9,19H,10-11H2,1-6H3,(H,18,20). The summed E-state index contributed by atoms with van der Waals surface area (Å²) in [4.78, 5) is 11.8. The molecule has 5 nitrogen and oxygen atoms in total. The molecule has 0 aromatic heterocycles. The van der Waals surface area contributed by atoms with E-state index in [4.69, 9.17) is 9.47 Å². The molecule has 0 aliphatic heterocycles. The number of hydrogen-bond acceptors (Lipinski definition) is 4. The lowest BCUT2D eigenvalue weighted by Gasteiger charge is -2.23. The van der Waals surface area contributed by atoms with Gasteiger partial charge in [0.2, 0.25) is 0 Å². The maximum Gasteiger partial charge on any atom is 0.412 e. The Bertz CT molecular complexity index is 518. The summed E-state index contributed by atoms with van der Waals surface area (Å²) in [6, 6.07) is 5.41. The monoisotopic (exact) mass is 309 g/mol. The fourth-order valence-electron chi connectivity index (χ4n) is 1.99. The largest absolute Gasteiger partial charge is 0.496 e. The molecule has 1 aromatic carbocycles. The van der Waals surface area contributed by atoms with Gasteiger partial charge in [-0.2, -0.15) is 0 Å². The maximum atomic E-state index is 11.8. The van der Waals surface area contributed by atoms with Crippen molar-refractivity contribution in [3.63, 3.8) is 0 Å². The minimum Gasteiger partial charge on any atom is -0.496 e. The Hall–Kier alpha value is -1.75. The van der Waals surface area contributed by atoms with Crippen molar-refractivity contribution in [1.29, 1.82) is 0 Å². The summed E-state index contributed by atoms with van der Waals surface area (Å²) in [5.74, 6) is 0.733. The van der Waals surface area contributed by atoms with Crippen molar-refractivity contribution in [1.82, 2.24) is 0 Å². The van der Waals surface area contributed by atoms with Crippen LogP contribution >= 0.6 is 0 Å². The van der Waals surface area contributed by atoms with Gasteiger partial charge in [-0.15, -0.1) is 0 Å². The van der Waals surface area contributed by atoms with Gasteiger partial charge in [-0.05, 0) is 56.4 Å². The van der Waals surface area contributed by atoms with Gasteiger partial charge in [-0.3, -0.25) is 5.32 Å². The van der Waals surface area contributed by atoms with Crippen LogP contribution in [-0.4, -0.2) is 30.5 Å². The van der Waals surface area contributed by atoms with Crippen molar-refractivity contribution >= 4 is 11.8 Å². The van der Waals surface area contributed by atoms with Crippen molar-refractivity contribution in [3.8, 4) is 5.75 Å². The molecule has 5 heteroatoms. The summed E-state index contributed by atoms with van der Waals surface area (Å²) < 4.78 is 10.6. The zero-order valence-electron chi connectivity index (χ0n) is 14.3. The average molecular weight is 309 g/mol. The first kappa shape index (κ1) is 18.3. The quantitative estimate of drug-likeness (QED) is 0.872.